The summed E-state index contributed by atoms with van der Waals surface area (Å²) in [5, 5.41) is 0. The number of amides is 2. The Morgan fingerprint density at radius 1 is 0.909 bits per heavy atom. The molecule has 0 bridgehead atoms. The van der Waals surface area contributed by atoms with Crippen molar-refractivity contribution >= 4 is 21.8 Å². The van der Waals surface area contributed by atoms with Crippen LogP contribution in [-0.2, 0) is 21.4 Å². The van der Waals surface area contributed by atoms with Crippen molar-refractivity contribution in [2.45, 2.75) is 50.3 Å². The van der Waals surface area contributed by atoms with Crippen molar-refractivity contribution in [1.29, 1.82) is 0 Å². The third-order valence-corrected chi connectivity index (χ3v) is 8.84. The Balaban J connectivity index is 1.48. The van der Waals surface area contributed by atoms with Crippen LogP contribution >= 0.6 is 0 Å². The molecule has 0 fully saturated rings. The zero-order chi connectivity index (χ0) is 31.4. The zero-order valence-corrected chi connectivity index (χ0v) is 25.1. The Bertz CT molecular complexity index is 1770. The second-order valence-electron chi connectivity index (χ2n) is 11.1. The average molecular weight is 619 g/mol. The van der Waals surface area contributed by atoms with E-state index in [9.17, 15) is 26.8 Å². The fraction of sp³-hybridized carbons (Fsp3) is 0.235. The molecule has 0 aliphatic carbocycles. The highest BCUT2D eigenvalue weighted by molar-refractivity contribution is 7.90. The number of halogens is 2. The molecule has 2 unspecified atom stereocenters. The van der Waals surface area contributed by atoms with Gasteiger partial charge in [-0.2, -0.15) is 0 Å². The first-order valence-corrected chi connectivity index (χ1v) is 15.7. The Hall–Kier alpha value is -4.57. The number of nitrogens with zero attached hydrogens (tertiary/aromatic N) is 1. The van der Waals surface area contributed by atoms with Crippen LogP contribution in [0, 0.1) is 17.6 Å². The number of carbonyl (C=O) groups excluding carboxylic acids is 2. The number of fused-ring (bicyclic) bond motifs is 1. The molecule has 0 radical (unpaired) electrons. The molecule has 44 heavy (non-hydrogen) atoms. The molecule has 228 valence electrons. The van der Waals surface area contributed by atoms with E-state index < -0.39 is 44.5 Å². The monoisotopic (exact) mass is 618 g/mol. The van der Waals surface area contributed by atoms with Crippen molar-refractivity contribution in [3.63, 3.8) is 0 Å². The van der Waals surface area contributed by atoms with Gasteiger partial charge >= 0.3 is 0 Å². The predicted molar refractivity (Wildman–Crippen MR) is 161 cm³/mol. The van der Waals surface area contributed by atoms with Crippen molar-refractivity contribution in [2.75, 3.05) is 0 Å². The minimum atomic E-state index is -4.51. The van der Waals surface area contributed by atoms with Gasteiger partial charge in [-0.3, -0.25) is 9.59 Å². The van der Waals surface area contributed by atoms with Crippen LogP contribution in [0.5, 0.6) is 5.75 Å². The van der Waals surface area contributed by atoms with Crippen LogP contribution in [-0.4, -0.2) is 25.1 Å². The Kier molecular flexibility index (Phi) is 9.10. The lowest BCUT2D eigenvalue weighted by atomic mass is 9.93. The fourth-order valence-electron chi connectivity index (χ4n) is 5.45. The molecule has 7 nitrogen and oxygen atoms in total. The van der Waals surface area contributed by atoms with Crippen LogP contribution in [0.3, 0.4) is 0 Å². The van der Waals surface area contributed by atoms with Gasteiger partial charge in [0, 0.05) is 5.56 Å². The van der Waals surface area contributed by atoms with Gasteiger partial charge in [0.15, 0.2) is 11.6 Å². The summed E-state index contributed by atoms with van der Waals surface area (Å²) in [6, 6.07) is 25.0. The van der Waals surface area contributed by atoms with E-state index in [-0.39, 0.29) is 24.9 Å². The van der Waals surface area contributed by atoms with E-state index in [1.54, 1.807) is 17.0 Å². The molecule has 0 aromatic heterocycles. The van der Waals surface area contributed by atoms with E-state index in [4.69, 9.17) is 4.74 Å². The summed E-state index contributed by atoms with van der Waals surface area (Å²) in [7, 11) is -4.51. The molecular formula is C34H32F2N2O5S. The Morgan fingerprint density at radius 3 is 2.25 bits per heavy atom. The van der Waals surface area contributed by atoms with Crippen LogP contribution in [0.4, 0.5) is 8.78 Å². The molecule has 0 saturated carbocycles. The van der Waals surface area contributed by atoms with Crippen molar-refractivity contribution in [3.8, 4) is 5.75 Å². The van der Waals surface area contributed by atoms with E-state index in [1.165, 1.54) is 0 Å². The number of carbonyl (C=O) groups is 2. The van der Waals surface area contributed by atoms with Gasteiger partial charge in [-0.1, -0.05) is 74.5 Å². The van der Waals surface area contributed by atoms with Crippen molar-refractivity contribution in [2.24, 2.45) is 5.92 Å². The smallest absolute Gasteiger partial charge is 0.264 e. The van der Waals surface area contributed by atoms with Gasteiger partial charge in [0.25, 0.3) is 15.9 Å². The van der Waals surface area contributed by atoms with E-state index in [2.05, 4.69) is 0 Å². The van der Waals surface area contributed by atoms with Gasteiger partial charge in [-0.25, -0.2) is 21.9 Å². The maximum atomic E-state index is 14.1. The maximum absolute atomic E-state index is 14.1. The molecule has 10 heteroatoms. The molecule has 5 rings (SSSR count). The topological polar surface area (TPSA) is 92.8 Å². The van der Waals surface area contributed by atoms with Gasteiger partial charge in [0.05, 0.1) is 23.4 Å². The zero-order valence-electron chi connectivity index (χ0n) is 24.2. The second kappa shape index (κ2) is 13.0. The normalized spacial score (nSPS) is 15.2. The van der Waals surface area contributed by atoms with Gasteiger partial charge in [-0.15, -0.1) is 0 Å². The summed E-state index contributed by atoms with van der Waals surface area (Å²) in [6.07, 6.45) is 0.224. The number of rotatable bonds is 11. The van der Waals surface area contributed by atoms with Crippen molar-refractivity contribution in [3.05, 3.63) is 131 Å². The van der Waals surface area contributed by atoms with Gasteiger partial charge in [0.2, 0.25) is 5.91 Å². The van der Waals surface area contributed by atoms with Gasteiger partial charge in [0.1, 0.15) is 12.4 Å². The van der Waals surface area contributed by atoms with E-state index in [0.717, 1.165) is 17.2 Å². The number of sulfonamides is 1. The third kappa shape index (κ3) is 6.81. The number of para-hydroxylation sites is 1. The molecule has 0 saturated heterocycles. The SMILES string of the molecule is CC(C)CC(c1ccccc1)N1C(=O)c2cc(COc3ccccc3)ccc2C1CC(=O)NS(=O)(=O)c1ccc(F)c(F)c1. The lowest BCUT2D eigenvalue weighted by Crippen LogP contribution is -2.37. The lowest BCUT2D eigenvalue weighted by Gasteiger charge is -2.35. The molecule has 1 heterocycles. The second-order valence-corrected chi connectivity index (χ2v) is 12.8. The van der Waals surface area contributed by atoms with E-state index >= 15 is 0 Å². The van der Waals surface area contributed by atoms with Crippen LogP contribution in [0.15, 0.2) is 102 Å². The third-order valence-electron chi connectivity index (χ3n) is 7.47. The summed E-state index contributed by atoms with van der Waals surface area (Å²) in [4.78, 5) is 28.5. The lowest BCUT2D eigenvalue weighted by molar-refractivity contribution is -0.120. The van der Waals surface area contributed by atoms with E-state index in [0.29, 0.717) is 35.4 Å². The highest BCUT2D eigenvalue weighted by atomic mass is 32.2. The van der Waals surface area contributed by atoms with Crippen LogP contribution in [0.1, 0.15) is 65.8 Å². The molecule has 1 aliphatic heterocycles. The number of ether oxygens (including phenoxy) is 1. The first kappa shape index (κ1) is 30.9. The molecule has 2 atom stereocenters. The first-order chi connectivity index (χ1) is 21.0. The van der Waals surface area contributed by atoms with Crippen LogP contribution in [0.2, 0.25) is 0 Å². The number of benzene rings is 4. The maximum Gasteiger partial charge on any atom is 0.264 e. The molecule has 2 amide bonds. The van der Waals surface area contributed by atoms with Crippen LogP contribution in [0.25, 0.3) is 0 Å². The quantitative estimate of drug-likeness (QED) is 0.201. The molecule has 4 aromatic rings. The molecule has 1 aliphatic rings. The minimum Gasteiger partial charge on any atom is -0.489 e. The molecule has 4 aromatic carbocycles. The predicted octanol–water partition coefficient (Wildman–Crippen LogP) is 6.72. The summed E-state index contributed by atoms with van der Waals surface area (Å²) in [5.74, 6) is -2.87. The molecular weight excluding hydrogens is 586 g/mol. The fourth-order valence-corrected chi connectivity index (χ4v) is 6.46. The summed E-state index contributed by atoms with van der Waals surface area (Å²) in [6.45, 7) is 4.30. The van der Waals surface area contributed by atoms with Gasteiger partial charge in [-0.05, 0) is 65.4 Å². The average Bonchev–Trinajstić information content (AvgIpc) is 3.26. The Morgan fingerprint density at radius 2 is 1.59 bits per heavy atom. The highest BCUT2D eigenvalue weighted by Crippen LogP contribution is 2.44. The molecule has 0 spiro atoms. The highest BCUT2D eigenvalue weighted by Gasteiger charge is 2.42. The van der Waals surface area contributed by atoms with Crippen LogP contribution < -0.4 is 9.46 Å². The van der Waals surface area contributed by atoms with Crippen molar-refractivity contribution in [1.82, 2.24) is 9.62 Å². The standard InChI is InChI=1S/C34H32F2N2O5S/c1-22(2)17-31(24-9-5-3-6-10-24)38-32(20-33(39)37-44(41,42)26-14-16-29(35)30(36)19-26)27-15-13-23(18-28(27)34(38)40)21-43-25-11-7-4-8-12-25/h3-16,18-19,22,31-32H,17,20-21H2,1-2H3,(H,37,39). The summed E-state index contributed by atoms with van der Waals surface area (Å²) >= 11 is 0. The van der Waals surface area contributed by atoms with Crippen molar-refractivity contribution < 1.29 is 31.5 Å². The Labute approximate surface area is 255 Å². The number of hydrogen-bond acceptors (Lipinski definition) is 5. The van der Waals surface area contributed by atoms with Gasteiger partial charge < -0.3 is 9.64 Å². The summed E-state index contributed by atoms with van der Waals surface area (Å²) in [5.41, 5.74) is 2.63. The number of hydrogen-bond donors (Lipinski definition) is 1. The molecule has 1 N–H and O–H groups in total. The summed E-state index contributed by atoms with van der Waals surface area (Å²) < 4.78 is 60.8. The largest absolute Gasteiger partial charge is 0.489 e. The van der Waals surface area contributed by atoms with E-state index in [1.807, 2.05) is 85.3 Å². The first-order valence-electron chi connectivity index (χ1n) is 14.2. The number of nitrogens with one attached hydrogen (secondary N) is 1. The minimum absolute atomic E-state index is 0.190.